The Morgan fingerprint density at radius 1 is 1.43 bits per heavy atom. The standard InChI is InChI=1S/C15H25N3O4S/c1-2-23(19,20)18-12-14(15-13(18)6-3-10-22-15)21-11-5-9-17-8-4-7-16-17/h4,7-8,13-15H,2-3,5-6,9-12H2,1H3/t13-,14+,15+/m0/s1. The minimum Gasteiger partial charge on any atom is -0.374 e. The SMILES string of the molecule is CCS(=O)(=O)N1C[C@@H](OCCCn2cccn2)[C@@H]2OCCC[C@@H]21. The molecule has 3 heterocycles. The van der Waals surface area contributed by atoms with Crippen LogP contribution < -0.4 is 0 Å². The zero-order valence-corrected chi connectivity index (χ0v) is 14.3. The monoisotopic (exact) mass is 343 g/mol. The highest BCUT2D eigenvalue weighted by atomic mass is 32.2. The average molecular weight is 343 g/mol. The van der Waals surface area contributed by atoms with Gasteiger partial charge in [-0.15, -0.1) is 0 Å². The fourth-order valence-corrected chi connectivity index (χ4v) is 4.74. The van der Waals surface area contributed by atoms with Crippen LogP contribution in [0.25, 0.3) is 0 Å². The van der Waals surface area contributed by atoms with Gasteiger partial charge < -0.3 is 9.47 Å². The molecule has 0 aromatic carbocycles. The van der Waals surface area contributed by atoms with Gasteiger partial charge in [0.15, 0.2) is 0 Å². The molecule has 2 fully saturated rings. The van der Waals surface area contributed by atoms with Gasteiger partial charge in [-0.1, -0.05) is 0 Å². The fourth-order valence-electron chi connectivity index (χ4n) is 3.39. The van der Waals surface area contributed by atoms with Gasteiger partial charge in [0.25, 0.3) is 0 Å². The second kappa shape index (κ2) is 7.29. The summed E-state index contributed by atoms with van der Waals surface area (Å²) in [6.07, 6.45) is 5.99. The Labute approximate surface area is 137 Å². The van der Waals surface area contributed by atoms with Crippen LogP contribution in [0.4, 0.5) is 0 Å². The number of sulfonamides is 1. The van der Waals surface area contributed by atoms with E-state index < -0.39 is 10.0 Å². The van der Waals surface area contributed by atoms with Crippen LogP contribution in [0.3, 0.4) is 0 Å². The van der Waals surface area contributed by atoms with E-state index in [1.54, 1.807) is 17.4 Å². The first kappa shape index (κ1) is 16.9. The molecule has 7 nitrogen and oxygen atoms in total. The number of aromatic nitrogens is 2. The van der Waals surface area contributed by atoms with Crippen LogP contribution in [0, 0.1) is 0 Å². The van der Waals surface area contributed by atoms with Gasteiger partial charge in [-0.05, 0) is 32.3 Å². The summed E-state index contributed by atoms with van der Waals surface area (Å²) in [5.41, 5.74) is 0. The van der Waals surface area contributed by atoms with Crippen LogP contribution >= 0.6 is 0 Å². The van der Waals surface area contributed by atoms with E-state index in [4.69, 9.17) is 9.47 Å². The van der Waals surface area contributed by atoms with Crippen molar-refractivity contribution in [2.24, 2.45) is 0 Å². The predicted molar refractivity (Wildman–Crippen MR) is 85.5 cm³/mol. The van der Waals surface area contributed by atoms with E-state index in [-0.39, 0.29) is 24.0 Å². The minimum atomic E-state index is -3.21. The molecule has 3 atom stereocenters. The smallest absolute Gasteiger partial charge is 0.214 e. The van der Waals surface area contributed by atoms with E-state index >= 15 is 0 Å². The van der Waals surface area contributed by atoms with Crippen molar-refractivity contribution < 1.29 is 17.9 Å². The van der Waals surface area contributed by atoms with Gasteiger partial charge in [0, 0.05) is 38.7 Å². The summed E-state index contributed by atoms with van der Waals surface area (Å²) in [5, 5.41) is 4.16. The molecule has 130 valence electrons. The Morgan fingerprint density at radius 2 is 2.30 bits per heavy atom. The molecule has 23 heavy (non-hydrogen) atoms. The van der Waals surface area contributed by atoms with Gasteiger partial charge in [-0.25, -0.2) is 8.42 Å². The summed E-state index contributed by atoms with van der Waals surface area (Å²) in [6, 6.07) is 1.83. The van der Waals surface area contributed by atoms with Gasteiger partial charge in [-0.2, -0.15) is 9.40 Å². The van der Waals surface area contributed by atoms with Gasteiger partial charge in [0.1, 0.15) is 6.10 Å². The lowest BCUT2D eigenvalue weighted by Gasteiger charge is -2.31. The van der Waals surface area contributed by atoms with Crippen molar-refractivity contribution in [2.45, 2.75) is 51.0 Å². The second-order valence-electron chi connectivity index (χ2n) is 6.05. The molecule has 1 aromatic rings. The molecular formula is C15H25N3O4S. The van der Waals surface area contributed by atoms with Crippen LogP contribution in [-0.2, 0) is 26.0 Å². The van der Waals surface area contributed by atoms with Gasteiger partial charge in [0.2, 0.25) is 10.0 Å². The molecule has 0 unspecified atom stereocenters. The molecule has 2 aliphatic rings. The van der Waals surface area contributed by atoms with Crippen LogP contribution in [0.2, 0.25) is 0 Å². The first-order valence-corrected chi connectivity index (χ1v) is 9.93. The summed E-state index contributed by atoms with van der Waals surface area (Å²) in [4.78, 5) is 0. The molecule has 0 aliphatic carbocycles. The maximum Gasteiger partial charge on any atom is 0.214 e. The van der Waals surface area contributed by atoms with Crippen LogP contribution in [0.15, 0.2) is 18.5 Å². The molecule has 0 radical (unpaired) electrons. The summed E-state index contributed by atoms with van der Waals surface area (Å²) < 4.78 is 39.9. The molecule has 3 rings (SSSR count). The molecule has 1 aromatic heterocycles. The van der Waals surface area contributed by atoms with E-state index in [1.165, 1.54) is 0 Å². The number of fused-ring (bicyclic) bond motifs is 1. The van der Waals surface area contributed by atoms with Crippen molar-refractivity contribution in [1.82, 2.24) is 14.1 Å². The maximum absolute atomic E-state index is 12.3. The van der Waals surface area contributed by atoms with Gasteiger partial charge in [0.05, 0.1) is 17.9 Å². The van der Waals surface area contributed by atoms with Crippen LogP contribution in [-0.4, -0.2) is 66.3 Å². The average Bonchev–Trinajstić information content (AvgIpc) is 3.20. The summed E-state index contributed by atoms with van der Waals surface area (Å²) >= 11 is 0. The van der Waals surface area contributed by atoms with Crippen molar-refractivity contribution in [3.05, 3.63) is 18.5 Å². The van der Waals surface area contributed by atoms with E-state index in [1.807, 2.05) is 16.9 Å². The molecular weight excluding hydrogens is 318 g/mol. The molecule has 2 saturated heterocycles. The summed E-state index contributed by atoms with van der Waals surface area (Å²) in [6.45, 7) is 4.16. The van der Waals surface area contributed by atoms with Crippen LogP contribution in [0.1, 0.15) is 26.2 Å². The first-order valence-electron chi connectivity index (χ1n) is 8.32. The fraction of sp³-hybridized carbons (Fsp3) is 0.800. The Bertz CT molecular complexity index is 590. The van der Waals surface area contributed by atoms with Crippen molar-refractivity contribution in [3.8, 4) is 0 Å². The molecule has 2 aliphatic heterocycles. The zero-order chi connectivity index (χ0) is 16.3. The zero-order valence-electron chi connectivity index (χ0n) is 13.5. The lowest BCUT2D eigenvalue weighted by molar-refractivity contribution is -0.0760. The number of hydrogen-bond acceptors (Lipinski definition) is 5. The Kier molecular flexibility index (Phi) is 5.35. The second-order valence-corrected chi connectivity index (χ2v) is 8.26. The van der Waals surface area contributed by atoms with Gasteiger partial charge in [-0.3, -0.25) is 4.68 Å². The molecule has 0 N–H and O–H groups in total. The Morgan fingerprint density at radius 3 is 3.04 bits per heavy atom. The summed E-state index contributed by atoms with van der Waals surface area (Å²) in [5.74, 6) is 0.127. The minimum absolute atomic E-state index is 0.0650. The molecule has 8 heteroatoms. The van der Waals surface area contributed by atoms with Crippen molar-refractivity contribution >= 4 is 10.0 Å². The lowest BCUT2D eigenvalue weighted by Crippen LogP contribution is -2.44. The van der Waals surface area contributed by atoms with E-state index in [0.29, 0.717) is 19.8 Å². The number of aryl methyl sites for hydroxylation is 1. The van der Waals surface area contributed by atoms with Crippen molar-refractivity contribution in [3.63, 3.8) is 0 Å². The van der Waals surface area contributed by atoms with E-state index in [0.717, 1.165) is 25.8 Å². The largest absolute Gasteiger partial charge is 0.374 e. The molecule has 0 spiro atoms. The number of rotatable bonds is 7. The van der Waals surface area contributed by atoms with Crippen molar-refractivity contribution in [1.29, 1.82) is 0 Å². The number of nitrogens with zero attached hydrogens (tertiary/aromatic N) is 3. The number of hydrogen-bond donors (Lipinski definition) is 0. The highest BCUT2D eigenvalue weighted by molar-refractivity contribution is 7.89. The Balaban J connectivity index is 1.56. The highest BCUT2D eigenvalue weighted by Crippen LogP contribution is 2.32. The third-order valence-corrected chi connectivity index (χ3v) is 6.44. The first-order chi connectivity index (χ1) is 11.1. The molecule has 0 amide bonds. The predicted octanol–water partition coefficient (Wildman–Crippen LogP) is 0.871. The quantitative estimate of drug-likeness (QED) is 0.687. The molecule has 0 bridgehead atoms. The van der Waals surface area contributed by atoms with Crippen molar-refractivity contribution in [2.75, 3.05) is 25.5 Å². The van der Waals surface area contributed by atoms with Gasteiger partial charge >= 0.3 is 0 Å². The normalized spacial score (nSPS) is 28.8. The lowest BCUT2D eigenvalue weighted by atomic mass is 10.0. The maximum atomic E-state index is 12.3. The summed E-state index contributed by atoms with van der Waals surface area (Å²) in [7, 11) is -3.21. The van der Waals surface area contributed by atoms with Crippen LogP contribution in [0.5, 0.6) is 0 Å². The highest BCUT2D eigenvalue weighted by Gasteiger charge is 2.48. The number of ether oxygens (including phenoxy) is 2. The third-order valence-electron chi connectivity index (χ3n) is 4.57. The van der Waals surface area contributed by atoms with E-state index in [2.05, 4.69) is 5.10 Å². The van der Waals surface area contributed by atoms with E-state index in [9.17, 15) is 8.42 Å². The Hall–Kier alpha value is -0.960. The third kappa shape index (κ3) is 3.76. The molecule has 0 saturated carbocycles. The topological polar surface area (TPSA) is 73.7 Å².